The van der Waals surface area contributed by atoms with Gasteiger partial charge in [0.05, 0.1) is 35.5 Å². The highest BCUT2D eigenvalue weighted by atomic mass is 16.6. The van der Waals surface area contributed by atoms with Crippen LogP contribution in [0.4, 0.5) is 0 Å². The first-order valence-corrected chi connectivity index (χ1v) is 30.3. The molecule has 0 aliphatic rings. The van der Waals surface area contributed by atoms with Crippen LogP contribution >= 0.6 is 0 Å². The van der Waals surface area contributed by atoms with Crippen LogP contribution < -0.4 is 37.9 Å². The van der Waals surface area contributed by atoms with E-state index in [1.165, 1.54) is 92.2 Å². The highest BCUT2D eigenvalue weighted by molar-refractivity contribution is 5.92. The van der Waals surface area contributed by atoms with Gasteiger partial charge in [-0.25, -0.2) is 33.6 Å². The molecule has 0 heterocycles. The van der Waals surface area contributed by atoms with Crippen molar-refractivity contribution in [3.05, 3.63) is 239 Å². The van der Waals surface area contributed by atoms with E-state index in [0.29, 0.717) is 76.2 Å². The summed E-state index contributed by atoms with van der Waals surface area (Å²) in [6, 6.07) is 51.8. The molecule has 1 unspecified atom stereocenters. The summed E-state index contributed by atoms with van der Waals surface area (Å²) in [5, 5.41) is 33.5. The number of rotatable bonds is 27. The van der Waals surface area contributed by atoms with Gasteiger partial charge in [0.2, 0.25) is 0 Å². The summed E-state index contributed by atoms with van der Waals surface area (Å²) >= 11 is 0. The summed E-state index contributed by atoms with van der Waals surface area (Å²) < 4.78 is 64.2. The van der Waals surface area contributed by atoms with E-state index < -0.39 is 48.5 Å². The standard InChI is InChI=1S/C21H21NO5.C19H17NO6.C18H15NO5.C17H13NO5/c1-16-6-8-17(9-7-16)21(24)25-14-4-2-3-5-20(23)27-19-12-10-18(11-13-19)26-15-22;1-14-2-4-15(5-3-14)19(22)24-11-10-23-12-18(21)26-17-8-6-16(7-9-17)25-13-20;1-12-3-5-14(6-4-12)18(21)23-13(2)17(20)24-16-9-7-15(8-10-16)22-11-19;1-12-2-4-13(5-3-12)17(20)21-10-16(19)23-15-8-6-14(7-9-15)22-11-18/h6-13H,2-5,14H2,1H3;2-9H,10-12H2,1H3;3-10,13H,1-2H3;2-9H,10H2,1H3. The maximum atomic E-state index is 12.0. The first kappa shape index (κ1) is 77.3. The van der Waals surface area contributed by atoms with Gasteiger partial charge in [-0.3, -0.25) is 4.79 Å². The van der Waals surface area contributed by atoms with Crippen LogP contribution in [0, 0.1) is 73.8 Å². The largest absolute Gasteiger partial charge is 0.462 e. The van der Waals surface area contributed by atoms with Crippen molar-refractivity contribution in [3.8, 4) is 71.0 Å². The number of nitrogens with zero attached hydrogens (tertiary/aromatic N) is 4. The quantitative estimate of drug-likeness (QED) is 0.0152. The maximum Gasteiger partial charge on any atom is 0.352 e. The van der Waals surface area contributed by atoms with Crippen molar-refractivity contribution in [2.75, 3.05) is 33.0 Å². The third kappa shape index (κ3) is 29.9. The Labute approximate surface area is 575 Å². The second-order valence-electron chi connectivity index (χ2n) is 20.7. The molecule has 0 spiro atoms. The third-order valence-corrected chi connectivity index (χ3v) is 12.9. The lowest BCUT2D eigenvalue weighted by Crippen LogP contribution is -2.28. The van der Waals surface area contributed by atoms with Gasteiger partial charge in [0.15, 0.2) is 12.7 Å². The second-order valence-corrected chi connectivity index (χ2v) is 20.7. The number of unbranched alkanes of at least 4 members (excludes halogenated alkanes) is 2. The molecule has 0 fully saturated rings. The third-order valence-electron chi connectivity index (χ3n) is 12.9. The Bertz CT molecular complexity index is 4140. The Hall–Kier alpha value is -13.4. The van der Waals surface area contributed by atoms with E-state index in [0.717, 1.165) is 28.7 Å². The van der Waals surface area contributed by atoms with Crippen molar-refractivity contribution in [1.29, 1.82) is 21.0 Å². The SMILES string of the molecule is Cc1ccc(C(=O)OC(C)C(=O)Oc2ccc(OC#N)cc2)cc1.Cc1ccc(C(=O)OCC(=O)Oc2ccc(OC#N)cc2)cc1.Cc1ccc(C(=O)OCCCCCC(=O)Oc2ccc(OC#N)cc2)cc1.Cc1ccc(C(=O)OCCOCC(=O)Oc2ccc(OC#N)cc2)cc1. The molecule has 0 radical (unpaired) electrons. The molecule has 0 amide bonds. The molecule has 0 aliphatic carbocycles. The Morgan fingerprint density at radius 1 is 0.320 bits per heavy atom. The van der Waals surface area contributed by atoms with Gasteiger partial charge >= 0.3 is 47.8 Å². The molecule has 0 aromatic heterocycles. The number of ether oxygens (including phenoxy) is 13. The molecule has 25 nitrogen and oxygen atoms in total. The predicted octanol–water partition coefficient (Wildman–Crippen LogP) is 12.4. The van der Waals surface area contributed by atoms with Gasteiger partial charge in [-0.2, -0.15) is 0 Å². The predicted molar refractivity (Wildman–Crippen MR) is 353 cm³/mol. The van der Waals surface area contributed by atoms with E-state index in [1.807, 2.05) is 52.0 Å². The van der Waals surface area contributed by atoms with E-state index in [9.17, 15) is 38.4 Å². The topological polar surface area (TPSA) is 352 Å². The van der Waals surface area contributed by atoms with Gasteiger partial charge in [0.1, 0.15) is 59.2 Å². The number of hydrogen-bond acceptors (Lipinski definition) is 25. The lowest BCUT2D eigenvalue weighted by atomic mass is 10.1. The molecule has 0 N–H and O–H groups in total. The number of benzene rings is 8. The summed E-state index contributed by atoms with van der Waals surface area (Å²) in [6.45, 7) is 8.77. The Morgan fingerprint density at radius 2 is 0.620 bits per heavy atom. The molecule has 8 aromatic rings. The van der Waals surface area contributed by atoms with Crippen LogP contribution in [-0.2, 0) is 42.9 Å². The lowest BCUT2D eigenvalue weighted by Gasteiger charge is -2.12. The number of nitriles is 4. The average molecular weight is 1360 g/mol. The summed E-state index contributed by atoms with van der Waals surface area (Å²) in [6.07, 6.45) is 7.49. The number of carbonyl (C=O) groups excluding carboxylic acids is 8. The zero-order chi connectivity index (χ0) is 72.4. The number of aryl methyl sites for hydroxylation is 4. The Kier molecular flexibility index (Phi) is 33.2. The Balaban J connectivity index is 0.000000241. The molecule has 512 valence electrons. The number of hydrogen-bond donors (Lipinski definition) is 0. The molecular formula is C75H66N4O21. The minimum Gasteiger partial charge on any atom is -0.462 e. The van der Waals surface area contributed by atoms with E-state index in [-0.39, 0.29) is 49.7 Å². The molecule has 0 saturated heterocycles. The maximum absolute atomic E-state index is 12.0. The molecule has 0 bridgehead atoms. The van der Waals surface area contributed by atoms with Crippen molar-refractivity contribution in [3.63, 3.8) is 0 Å². The van der Waals surface area contributed by atoms with Gasteiger partial charge in [0, 0.05) is 6.42 Å². The summed E-state index contributed by atoms with van der Waals surface area (Å²) in [7, 11) is 0. The zero-order valence-electron chi connectivity index (χ0n) is 54.8. The summed E-state index contributed by atoms with van der Waals surface area (Å²) in [5.41, 5.74) is 5.89. The fourth-order valence-corrected chi connectivity index (χ4v) is 7.69. The monoisotopic (exact) mass is 1360 g/mol. The van der Waals surface area contributed by atoms with Crippen molar-refractivity contribution in [2.45, 2.75) is 66.4 Å². The van der Waals surface area contributed by atoms with Gasteiger partial charge in [-0.05, 0) is 199 Å². The van der Waals surface area contributed by atoms with E-state index in [4.69, 9.17) is 63.7 Å². The Morgan fingerprint density at radius 3 is 0.980 bits per heavy atom. The van der Waals surface area contributed by atoms with Gasteiger partial charge in [-0.15, -0.1) is 21.0 Å². The molecule has 25 heteroatoms. The van der Waals surface area contributed by atoms with Crippen LogP contribution in [0.1, 0.15) is 96.3 Å². The van der Waals surface area contributed by atoms with Crippen LogP contribution in [0.5, 0.6) is 46.0 Å². The molecule has 8 rings (SSSR count). The van der Waals surface area contributed by atoms with Crippen molar-refractivity contribution in [2.24, 2.45) is 0 Å². The molecule has 8 aromatic carbocycles. The van der Waals surface area contributed by atoms with Crippen LogP contribution in [0.25, 0.3) is 0 Å². The highest BCUT2D eigenvalue weighted by Gasteiger charge is 2.22. The van der Waals surface area contributed by atoms with E-state index in [1.54, 1.807) is 110 Å². The first-order chi connectivity index (χ1) is 48.2. The van der Waals surface area contributed by atoms with Gasteiger partial charge in [0.25, 0.3) is 25.0 Å². The average Bonchev–Trinajstić information content (AvgIpc) is 0.953. The molecule has 1 atom stereocenters. The van der Waals surface area contributed by atoms with Gasteiger partial charge in [-0.1, -0.05) is 70.8 Å². The second kappa shape index (κ2) is 42.9. The van der Waals surface area contributed by atoms with Crippen molar-refractivity contribution in [1.82, 2.24) is 0 Å². The van der Waals surface area contributed by atoms with E-state index >= 15 is 0 Å². The minimum absolute atomic E-state index is 0.0280. The van der Waals surface area contributed by atoms with Crippen LogP contribution in [0.15, 0.2) is 194 Å². The van der Waals surface area contributed by atoms with Crippen molar-refractivity contribution >= 4 is 47.8 Å². The molecule has 0 saturated carbocycles. The van der Waals surface area contributed by atoms with Crippen LogP contribution in [0.2, 0.25) is 0 Å². The summed E-state index contributed by atoms with van der Waals surface area (Å²) in [4.78, 5) is 94.3. The molecule has 0 aliphatic heterocycles. The van der Waals surface area contributed by atoms with E-state index in [2.05, 4.69) is 18.9 Å². The highest BCUT2D eigenvalue weighted by Crippen LogP contribution is 2.22. The smallest absolute Gasteiger partial charge is 0.352 e. The van der Waals surface area contributed by atoms with Crippen molar-refractivity contribution < 1.29 is 99.9 Å². The molecular weight excluding hydrogens is 1290 g/mol. The first-order valence-electron chi connectivity index (χ1n) is 30.3. The molecule has 100 heavy (non-hydrogen) atoms. The van der Waals surface area contributed by atoms with Gasteiger partial charge < -0.3 is 61.6 Å². The summed E-state index contributed by atoms with van der Waals surface area (Å²) in [5.74, 6) is -1.72. The normalized spacial score (nSPS) is 10.1. The zero-order valence-corrected chi connectivity index (χ0v) is 54.8. The number of carbonyl (C=O) groups is 8. The fourth-order valence-electron chi connectivity index (χ4n) is 7.69. The number of esters is 8. The van der Waals surface area contributed by atoms with Crippen LogP contribution in [0.3, 0.4) is 0 Å². The van der Waals surface area contributed by atoms with Crippen LogP contribution in [-0.4, -0.2) is 86.9 Å². The lowest BCUT2D eigenvalue weighted by molar-refractivity contribution is -0.143. The minimum atomic E-state index is -1.06. The fraction of sp³-hybridized carbons (Fsp3) is 0.200.